The molecule has 2 fully saturated rings. The Labute approximate surface area is 250 Å². The van der Waals surface area contributed by atoms with E-state index in [0.717, 1.165) is 47.3 Å². The molecule has 1 aliphatic heterocycles. The monoisotopic (exact) mass is 603 g/mol. The highest BCUT2D eigenvalue weighted by Gasteiger charge is 2.44. The second kappa shape index (κ2) is 14.0. The Morgan fingerprint density at radius 1 is 1.14 bits per heavy atom. The maximum atomic E-state index is 13.7. The molecule has 1 aromatic heterocycles. The number of hydrogen-bond acceptors (Lipinski definition) is 6. The molecule has 1 aliphatic carbocycles. The van der Waals surface area contributed by atoms with E-state index in [4.69, 9.17) is 4.98 Å². The Hall–Kier alpha value is -2.92. The summed E-state index contributed by atoms with van der Waals surface area (Å²) in [5.41, 5.74) is 2.29. The molecule has 8 nitrogen and oxygen atoms in total. The van der Waals surface area contributed by atoms with Gasteiger partial charge in [-0.1, -0.05) is 52.7 Å². The number of carbonyl (C=O) groups is 3. The molecule has 0 bridgehead atoms. The molecule has 2 unspecified atom stereocenters. The van der Waals surface area contributed by atoms with E-state index in [1.54, 1.807) is 6.92 Å². The first-order valence-electron chi connectivity index (χ1n) is 15.0. The molecule has 1 saturated heterocycles. The normalized spacial score (nSPS) is 18.7. The van der Waals surface area contributed by atoms with Gasteiger partial charge in [-0.05, 0) is 42.4 Å². The summed E-state index contributed by atoms with van der Waals surface area (Å²) in [6.45, 7) is 9.32. The molecule has 4 rings (SSSR count). The minimum Gasteiger partial charge on any atom is -0.350 e. The van der Waals surface area contributed by atoms with Crippen molar-refractivity contribution in [3.8, 4) is 0 Å². The predicted octanol–water partition coefficient (Wildman–Crippen LogP) is 4.55. The zero-order valence-electron chi connectivity index (χ0n) is 24.8. The fourth-order valence-corrected chi connectivity index (χ4v) is 6.72. The summed E-state index contributed by atoms with van der Waals surface area (Å²) < 4.78 is 27.4. The van der Waals surface area contributed by atoms with Crippen LogP contribution in [0.5, 0.6) is 0 Å². The van der Waals surface area contributed by atoms with Gasteiger partial charge < -0.3 is 16.0 Å². The lowest BCUT2D eigenvalue weighted by Crippen LogP contribution is -2.57. The van der Waals surface area contributed by atoms with Crippen LogP contribution >= 0.6 is 11.3 Å². The third-order valence-electron chi connectivity index (χ3n) is 8.15. The molecule has 11 heteroatoms. The van der Waals surface area contributed by atoms with Gasteiger partial charge in [0.25, 0.3) is 5.92 Å². The second-order valence-corrected chi connectivity index (χ2v) is 13.1. The number of nitrogens with one attached hydrogen (secondary N) is 3. The van der Waals surface area contributed by atoms with Crippen molar-refractivity contribution in [3.63, 3.8) is 0 Å². The lowest BCUT2D eigenvalue weighted by molar-refractivity contribution is -0.131. The van der Waals surface area contributed by atoms with Crippen LogP contribution in [0, 0.1) is 5.92 Å². The van der Waals surface area contributed by atoms with Crippen molar-refractivity contribution >= 4 is 39.3 Å². The highest BCUT2D eigenvalue weighted by Crippen LogP contribution is 2.29. The maximum Gasteiger partial charge on any atom is 0.272 e. The van der Waals surface area contributed by atoms with Gasteiger partial charge in [0, 0.05) is 37.5 Å². The van der Waals surface area contributed by atoms with Crippen molar-refractivity contribution in [1.82, 2.24) is 25.8 Å². The number of nitrogens with zero attached hydrogens (tertiary/aromatic N) is 2. The van der Waals surface area contributed by atoms with E-state index in [2.05, 4.69) is 48.5 Å². The van der Waals surface area contributed by atoms with Crippen molar-refractivity contribution in [2.24, 2.45) is 5.92 Å². The summed E-state index contributed by atoms with van der Waals surface area (Å²) in [6, 6.07) is 5.04. The van der Waals surface area contributed by atoms with Gasteiger partial charge in [-0.2, -0.15) is 0 Å². The first kappa shape index (κ1) is 32.0. The van der Waals surface area contributed by atoms with E-state index in [1.165, 1.54) is 21.8 Å². The standard InChI is InChI=1S/C31H43F2N5O3S/c1-5-27(39)35-24(14-28-36-23-12-11-22(19(2)3)13-26(23)42-28)30(41)37-25(21-9-7-6-8-10-21)15-34-29(40)20(4)16-38-17-31(32,33)18-38/h11-13,19,21,24-25H,4-10,14-18H2,1-3H3,(H,34,40)(H,35,39)(H,37,41). The fraction of sp³-hybridized carbons (Fsp3) is 0.613. The maximum absolute atomic E-state index is 13.7. The first-order chi connectivity index (χ1) is 19.9. The predicted molar refractivity (Wildman–Crippen MR) is 162 cm³/mol. The molecule has 3 amide bonds. The average Bonchev–Trinajstić information content (AvgIpc) is 3.35. The van der Waals surface area contributed by atoms with Crippen molar-refractivity contribution < 1.29 is 23.2 Å². The lowest BCUT2D eigenvalue weighted by atomic mass is 9.83. The number of hydrogen-bond donors (Lipinski definition) is 3. The van der Waals surface area contributed by atoms with Crippen molar-refractivity contribution in [2.45, 2.75) is 89.6 Å². The molecule has 0 radical (unpaired) electrons. The van der Waals surface area contributed by atoms with Gasteiger partial charge in [0.2, 0.25) is 17.7 Å². The van der Waals surface area contributed by atoms with Crippen LogP contribution in [0.2, 0.25) is 0 Å². The molecular weight excluding hydrogens is 560 g/mol. The smallest absolute Gasteiger partial charge is 0.272 e. The number of halogens is 2. The van der Waals surface area contributed by atoms with Crippen LogP contribution < -0.4 is 16.0 Å². The Balaban J connectivity index is 1.43. The topological polar surface area (TPSA) is 103 Å². The Bertz CT molecular complexity index is 1280. The van der Waals surface area contributed by atoms with Crippen LogP contribution in [0.25, 0.3) is 10.2 Å². The van der Waals surface area contributed by atoms with Gasteiger partial charge in [-0.15, -0.1) is 11.3 Å². The zero-order valence-corrected chi connectivity index (χ0v) is 25.6. The minimum absolute atomic E-state index is 0.0772. The van der Waals surface area contributed by atoms with Crippen LogP contribution in [0.15, 0.2) is 30.4 Å². The number of benzene rings is 1. The third-order valence-corrected chi connectivity index (χ3v) is 9.19. The minimum atomic E-state index is -2.71. The summed E-state index contributed by atoms with van der Waals surface area (Å²) in [5, 5.41) is 9.63. The van der Waals surface area contributed by atoms with Gasteiger partial charge in [-0.25, -0.2) is 13.8 Å². The van der Waals surface area contributed by atoms with E-state index in [9.17, 15) is 23.2 Å². The highest BCUT2D eigenvalue weighted by atomic mass is 32.1. The van der Waals surface area contributed by atoms with Gasteiger partial charge in [0.05, 0.1) is 28.3 Å². The first-order valence-corrected chi connectivity index (χ1v) is 15.8. The third kappa shape index (κ3) is 8.56. The summed E-state index contributed by atoms with van der Waals surface area (Å²) in [7, 11) is 0. The molecule has 1 saturated carbocycles. The van der Waals surface area contributed by atoms with E-state index in [-0.39, 0.29) is 68.4 Å². The second-order valence-electron chi connectivity index (χ2n) is 12.0. The van der Waals surface area contributed by atoms with Crippen LogP contribution in [0.4, 0.5) is 8.78 Å². The number of aromatic nitrogens is 1. The molecule has 2 aliphatic rings. The van der Waals surface area contributed by atoms with Crippen LogP contribution in [0.1, 0.15) is 75.8 Å². The molecule has 230 valence electrons. The van der Waals surface area contributed by atoms with Crippen LogP contribution in [-0.4, -0.2) is 71.8 Å². The van der Waals surface area contributed by atoms with Gasteiger partial charge >= 0.3 is 0 Å². The summed E-state index contributed by atoms with van der Waals surface area (Å²) >= 11 is 1.52. The average molecular weight is 604 g/mol. The summed E-state index contributed by atoms with van der Waals surface area (Å²) in [6.07, 6.45) is 5.57. The van der Waals surface area contributed by atoms with Gasteiger partial charge in [0.1, 0.15) is 6.04 Å². The fourth-order valence-electron chi connectivity index (χ4n) is 5.66. The number of carbonyl (C=O) groups excluding carboxylic acids is 3. The molecule has 2 aromatic rings. The largest absolute Gasteiger partial charge is 0.350 e. The zero-order chi connectivity index (χ0) is 30.4. The van der Waals surface area contributed by atoms with E-state index in [1.807, 2.05) is 6.07 Å². The SMILES string of the molecule is C=C(CN1CC(F)(F)C1)C(=O)NCC(NC(=O)C(Cc1nc2ccc(C(C)C)cc2s1)NC(=O)CC)C1CCCCC1. The molecular formula is C31H43F2N5O3S. The molecule has 42 heavy (non-hydrogen) atoms. The molecule has 1 aromatic carbocycles. The van der Waals surface area contributed by atoms with E-state index < -0.39 is 17.9 Å². The molecule has 3 N–H and O–H groups in total. The van der Waals surface area contributed by atoms with Crippen LogP contribution in [-0.2, 0) is 20.8 Å². The quantitative estimate of drug-likeness (QED) is 0.292. The number of fused-ring (bicyclic) bond motifs is 1. The Morgan fingerprint density at radius 3 is 2.50 bits per heavy atom. The number of thiazole rings is 1. The summed E-state index contributed by atoms with van der Waals surface area (Å²) in [4.78, 5) is 45.1. The van der Waals surface area contributed by atoms with Crippen molar-refractivity contribution in [3.05, 3.63) is 40.9 Å². The molecule has 0 spiro atoms. The highest BCUT2D eigenvalue weighted by molar-refractivity contribution is 7.18. The Kier molecular flexibility index (Phi) is 10.7. The van der Waals surface area contributed by atoms with E-state index in [0.29, 0.717) is 5.92 Å². The van der Waals surface area contributed by atoms with Crippen molar-refractivity contribution in [2.75, 3.05) is 26.2 Å². The molecule has 2 atom stereocenters. The van der Waals surface area contributed by atoms with Gasteiger partial charge in [-0.3, -0.25) is 19.3 Å². The van der Waals surface area contributed by atoms with Crippen LogP contribution in [0.3, 0.4) is 0 Å². The number of alkyl halides is 2. The molecule has 2 heterocycles. The van der Waals surface area contributed by atoms with Gasteiger partial charge in [0.15, 0.2) is 0 Å². The summed E-state index contributed by atoms with van der Waals surface area (Å²) in [5.74, 6) is -3.11. The Morgan fingerprint density at radius 2 is 1.86 bits per heavy atom. The van der Waals surface area contributed by atoms with E-state index >= 15 is 0 Å². The number of rotatable bonds is 13. The lowest BCUT2D eigenvalue weighted by Gasteiger charge is -2.38. The number of likely N-dealkylation sites (tertiary alicyclic amines) is 1. The van der Waals surface area contributed by atoms with Crippen molar-refractivity contribution in [1.29, 1.82) is 0 Å². The number of amides is 3.